The van der Waals surface area contributed by atoms with Crippen LogP contribution in [0.1, 0.15) is 24.8 Å². The maximum Gasteiger partial charge on any atom is 0.140 e. The molecule has 1 N–H and O–H groups in total. The fraction of sp³-hybridized carbons (Fsp3) is 0.667. The highest BCUT2D eigenvalue weighted by Crippen LogP contribution is 2.25. The SMILES string of the molecule is Cn1ccnc1C(O)C1CCCO1. The van der Waals surface area contributed by atoms with E-state index in [2.05, 4.69) is 4.98 Å². The molecule has 2 heterocycles. The minimum atomic E-state index is -0.581. The minimum Gasteiger partial charge on any atom is -0.382 e. The number of aliphatic hydroxyl groups is 1. The molecule has 4 heteroatoms. The Morgan fingerprint density at radius 1 is 1.77 bits per heavy atom. The van der Waals surface area contributed by atoms with E-state index < -0.39 is 6.10 Å². The van der Waals surface area contributed by atoms with Crippen molar-refractivity contribution in [1.82, 2.24) is 9.55 Å². The van der Waals surface area contributed by atoms with Crippen LogP contribution in [0.15, 0.2) is 12.4 Å². The molecule has 1 fully saturated rings. The van der Waals surface area contributed by atoms with E-state index in [1.165, 1.54) is 0 Å². The molecule has 2 unspecified atom stereocenters. The average molecular weight is 182 g/mol. The van der Waals surface area contributed by atoms with Gasteiger partial charge in [-0.3, -0.25) is 0 Å². The minimum absolute atomic E-state index is 0.0684. The number of aliphatic hydroxyl groups excluding tert-OH is 1. The van der Waals surface area contributed by atoms with Crippen molar-refractivity contribution in [2.75, 3.05) is 6.61 Å². The molecule has 1 saturated heterocycles. The monoisotopic (exact) mass is 182 g/mol. The third kappa shape index (κ3) is 1.59. The van der Waals surface area contributed by atoms with Crippen LogP contribution in [-0.2, 0) is 11.8 Å². The molecule has 0 bridgehead atoms. The number of imidazole rings is 1. The fourth-order valence-electron chi connectivity index (χ4n) is 1.68. The van der Waals surface area contributed by atoms with Gasteiger partial charge in [-0.05, 0) is 12.8 Å². The summed E-state index contributed by atoms with van der Waals surface area (Å²) in [4.78, 5) is 4.09. The van der Waals surface area contributed by atoms with Gasteiger partial charge in [0, 0.05) is 26.0 Å². The summed E-state index contributed by atoms with van der Waals surface area (Å²) in [6.45, 7) is 0.756. The maximum absolute atomic E-state index is 9.88. The van der Waals surface area contributed by atoms with Crippen molar-refractivity contribution in [2.24, 2.45) is 7.05 Å². The van der Waals surface area contributed by atoms with E-state index in [0.717, 1.165) is 19.4 Å². The summed E-state index contributed by atoms with van der Waals surface area (Å²) >= 11 is 0. The molecule has 1 aliphatic rings. The first kappa shape index (κ1) is 8.72. The number of aromatic nitrogens is 2. The van der Waals surface area contributed by atoms with Crippen LogP contribution in [0.5, 0.6) is 0 Å². The Kier molecular flexibility index (Phi) is 2.33. The largest absolute Gasteiger partial charge is 0.382 e. The van der Waals surface area contributed by atoms with Crippen molar-refractivity contribution in [3.05, 3.63) is 18.2 Å². The number of hydrogen-bond donors (Lipinski definition) is 1. The van der Waals surface area contributed by atoms with Gasteiger partial charge >= 0.3 is 0 Å². The standard InChI is InChI=1S/C9H14N2O2/c1-11-5-4-10-9(11)8(12)7-3-2-6-13-7/h4-5,7-8,12H,2-3,6H2,1H3. The Hall–Kier alpha value is -0.870. The van der Waals surface area contributed by atoms with E-state index in [-0.39, 0.29) is 6.10 Å². The van der Waals surface area contributed by atoms with Gasteiger partial charge in [-0.15, -0.1) is 0 Å². The molecule has 1 aromatic rings. The summed E-state index contributed by atoms with van der Waals surface area (Å²) in [6, 6.07) is 0. The molecule has 0 amide bonds. The zero-order valence-electron chi connectivity index (χ0n) is 7.68. The van der Waals surface area contributed by atoms with E-state index in [4.69, 9.17) is 4.74 Å². The Labute approximate surface area is 77.2 Å². The van der Waals surface area contributed by atoms with Crippen molar-refractivity contribution < 1.29 is 9.84 Å². The highest BCUT2D eigenvalue weighted by atomic mass is 16.5. The van der Waals surface area contributed by atoms with E-state index in [1.807, 2.05) is 17.8 Å². The van der Waals surface area contributed by atoms with E-state index in [1.54, 1.807) is 6.20 Å². The van der Waals surface area contributed by atoms with Gasteiger partial charge in [0.15, 0.2) is 0 Å². The third-order valence-corrected chi connectivity index (χ3v) is 2.44. The highest BCUT2D eigenvalue weighted by molar-refractivity contribution is 4.98. The lowest BCUT2D eigenvalue weighted by Gasteiger charge is -2.16. The molecule has 2 atom stereocenters. The number of ether oxygens (including phenoxy) is 1. The Morgan fingerprint density at radius 3 is 3.15 bits per heavy atom. The number of hydrogen-bond acceptors (Lipinski definition) is 3. The second kappa shape index (κ2) is 3.47. The average Bonchev–Trinajstić information content (AvgIpc) is 2.72. The molecular weight excluding hydrogens is 168 g/mol. The Balaban J connectivity index is 2.12. The van der Waals surface area contributed by atoms with Crippen LogP contribution >= 0.6 is 0 Å². The molecule has 0 spiro atoms. The van der Waals surface area contributed by atoms with Gasteiger partial charge in [-0.2, -0.15) is 0 Å². The van der Waals surface area contributed by atoms with Gasteiger partial charge in [0.25, 0.3) is 0 Å². The normalized spacial score (nSPS) is 24.9. The summed E-state index contributed by atoms with van der Waals surface area (Å²) < 4.78 is 7.22. The molecule has 72 valence electrons. The quantitative estimate of drug-likeness (QED) is 0.729. The van der Waals surface area contributed by atoms with Crippen LogP contribution < -0.4 is 0 Å². The molecule has 4 nitrogen and oxygen atoms in total. The summed E-state index contributed by atoms with van der Waals surface area (Å²) in [7, 11) is 1.88. The summed E-state index contributed by atoms with van der Waals surface area (Å²) in [6.07, 6.45) is 4.82. The van der Waals surface area contributed by atoms with Gasteiger partial charge in [0.2, 0.25) is 0 Å². The zero-order valence-corrected chi connectivity index (χ0v) is 7.68. The second-order valence-corrected chi connectivity index (χ2v) is 3.39. The number of rotatable bonds is 2. The predicted octanol–water partition coefficient (Wildman–Crippen LogP) is 0.632. The molecule has 13 heavy (non-hydrogen) atoms. The first-order chi connectivity index (χ1) is 6.29. The van der Waals surface area contributed by atoms with E-state index >= 15 is 0 Å². The van der Waals surface area contributed by atoms with E-state index in [0.29, 0.717) is 5.82 Å². The van der Waals surface area contributed by atoms with Gasteiger partial charge in [0.1, 0.15) is 11.9 Å². The van der Waals surface area contributed by atoms with Gasteiger partial charge in [0.05, 0.1) is 6.10 Å². The van der Waals surface area contributed by atoms with Crippen molar-refractivity contribution in [3.8, 4) is 0 Å². The highest BCUT2D eigenvalue weighted by Gasteiger charge is 2.27. The van der Waals surface area contributed by atoms with Crippen molar-refractivity contribution in [3.63, 3.8) is 0 Å². The molecule has 0 radical (unpaired) electrons. The lowest BCUT2D eigenvalue weighted by atomic mass is 10.1. The third-order valence-electron chi connectivity index (χ3n) is 2.44. The first-order valence-electron chi connectivity index (χ1n) is 4.56. The Morgan fingerprint density at radius 2 is 2.62 bits per heavy atom. The van der Waals surface area contributed by atoms with Gasteiger partial charge < -0.3 is 14.4 Å². The van der Waals surface area contributed by atoms with Crippen LogP contribution in [0.4, 0.5) is 0 Å². The van der Waals surface area contributed by atoms with Crippen LogP contribution in [0.3, 0.4) is 0 Å². The van der Waals surface area contributed by atoms with Crippen LogP contribution in [-0.4, -0.2) is 27.4 Å². The lowest BCUT2D eigenvalue weighted by Crippen LogP contribution is -2.20. The Bertz CT molecular complexity index is 279. The summed E-state index contributed by atoms with van der Waals surface area (Å²) in [5.74, 6) is 0.687. The summed E-state index contributed by atoms with van der Waals surface area (Å²) in [5.41, 5.74) is 0. The van der Waals surface area contributed by atoms with E-state index in [9.17, 15) is 5.11 Å². The molecule has 1 aliphatic heterocycles. The topological polar surface area (TPSA) is 47.3 Å². The van der Waals surface area contributed by atoms with Gasteiger partial charge in [-0.25, -0.2) is 4.98 Å². The number of aryl methyl sites for hydroxylation is 1. The van der Waals surface area contributed by atoms with Crippen LogP contribution in [0.25, 0.3) is 0 Å². The number of nitrogens with zero attached hydrogens (tertiary/aromatic N) is 2. The van der Waals surface area contributed by atoms with Crippen molar-refractivity contribution >= 4 is 0 Å². The fourth-order valence-corrected chi connectivity index (χ4v) is 1.68. The van der Waals surface area contributed by atoms with Crippen molar-refractivity contribution in [2.45, 2.75) is 25.0 Å². The predicted molar refractivity (Wildman–Crippen MR) is 47.1 cm³/mol. The molecule has 2 rings (SSSR count). The van der Waals surface area contributed by atoms with Crippen LogP contribution in [0.2, 0.25) is 0 Å². The van der Waals surface area contributed by atoms with Gasteiger partial charge in [-0.1, -0.05) is 0 Å². The lowest BCUT2D eigenvalue weighted by molar-refractivity contribution is -0.00825. The second-order valence-electron chi connectivity index (χ2n) is 3.39. The molecular formula is C9H14N2O2. The smallest absolute Gasteiger partial charge is 0.140 e. The summed E-state index contributed by atoms with van der Waals surface area (Å²) in [5, 5.41) is 9.88. The molecule has 0 saturated carbocycles. The molecule has 1 aromatic heterocycles. The first-order valence-corrected chi connectivity index (χ1v) is 4.56. The van der Waals surface area contributed by atoms with Crippen LogP contribution in [0, 0.1) is 0 Å². The van der Waals surface area contributed by atoms with Crippen molar-refractivity contribution in [1.29, 1.82) is 0 Å². The zero-order chi connectivity index (χ0) is 9.26. The molecule has 0 aliphatic carbocycles. The molecule has 0 aromatic carbocycles. The maximum atomic E-state index is 9.88.